The van der Waals surface area contributed by atoms with Crippen LogP contribution in [0.25, 0.3) is 0 Å². The van der Waals surface area contributed by atoms with Crippen molar-refractivity contribution in [3.63, 3.8) is 0 Å². The topological polar surface area (TPSA) is 46.9 Å². The minimum atomic E-state index is 0.0566. The fourth-order valence-electron chi connectivity index (χ4n) is 2.03. The van der Waals surface area contributed by atoms with E-state index >= 15 is 0 Å². The van der Waals surface area contributed by atoms with Gasteiger partial charge >= 0.3 is 0 Å². The van der Waals surface area contributed by atoms with Gasteiger partial charge in [0.2, 0.25) is 5.91 Å². The molecule has 0 unspecified atom stereocenters. The largest absolute Gasteiger partial charge is 0.356 e. The number of hydrogen-bond donors (Lipinski definition) is 1. The molecule has 1 N–H and O–H groups in total. The van der Waals surface area contributed by atoms with E-state index in [2.05, 4.69) is 14.9 Å². The molecule has 1 amide bonds. The molecule has 1 aromatic heterocycles. The molecule has 1 fully saturated rings. The summed E-state index contributed by atoms with van der Waals surface area (Å²) in [6, 6.07) is 0.567. The number of nitrogens with one attached hydrogen (secondary N) is 1. The van der Waals surface area contributed by atoms with Crippen LogP contribution in [0.1, 0.15) is 25.3 Å². The van der Waals surface area contributed by atoms with E-state index < -0.39 is 0 Å². The van der Waals surface area contributed by atoms with E-state index in [4.69, 9.17) is 11.6 Å². The van der Waals surface area contributed by atoms with Gasteiger partial charge in [0.1, 0.15) is 0 Å². The lowest BCUT2D eigenvalue weighted by molar-refractivity contribution is -0.121. The van der Waals surface area contributed by atoms with Gasteiger partial charge in [-0.05, 0) is 18.8 Å². The average molecular weight is 242 g/mol. The highest BCUT2D eigenvalue weighted by Gasteiger charge is 2.29. The van der Waals surface area contributed by atoms with E-state index in [1.807, 2.05) is 12.5 Å². The molecular weight excluding hydrogens is 226 g/mol. The molecule has 2 rings (SSSR count). The number of amides is 1. The smallest absolute Gasteiger partial charge is 0.221 e. The molecule has 0 saturated heterocycles. The lowest BCUT2D eigenvalue weighted by Crippen LogP contribution is -2.36. The van der Waals surface area contributed by atoms with E-state index in [9.17, 15) is 4.79 Å². The third-order valence-electron chi connectivity index (χ3n) is 3.07. The van der Waals surface area contributed by atoms with Crippen molar-refractivity contribution in [1.82, 2.24) is 14.9 Å². The molecule has 88 valence electrons. The molecule has 0 spiro atoms. The second kappa shape index (κ2) is 5.34. The maximum absolute atomic E-state index is 11.2. The van der Waals surface area contributed by atoms with Crippen molar-refractivity contribution in [1.29, 1.82) is 0 Å². The maximum atomic E-state index is 11.2. The van der Waals surface area contributed by atoms with Crippen molar-refractivity contribution in [2.24, 2.45) is 5.92 Å². The molecule has 0 aliphatic heterocycles. The number of nitrogens with zero attached hydrogens (tertiary/aromatic N) is 2. The molecule has 5 heteroatoms. The molecule has 1 saturated carbocycles. The summed E-state index contributed by atoms with van der Waals surface area (Å²) in [6.07, 6.45) is 8.31. The first-order chi connectivity index (χ1) is 7.79. The van der Waals surface area contributed by atoms with Gasteiger partial charge in [-0.15, -0.1) is 11.6 Å². The second-order valence-corrected chi connectivity index (χ2v) is 4.62. The first kappa shape index (κ1) is 11.5. The number of carbonyl (C=O) groups excluding carboxylic acids is 1. The van der Waals surface area contributed by atoms with Gasteiger partial charge < -0.3 is 9.88 Å². The number of aromatic nitrogens is 2. The molecule has 1 heterocycles. The van der Waals surface area contributed by atoms with Crippen LogP contribution in [-0.2, 0) is 4.79 Å². The van der Waals surface area contributed by atoms with Gasteiger partial charge in [-0.1, -0.05) is 0 Å². The van der Waals surface area contributed by atoms with Crippen molar-refractivity contribution in [3.8, 4) is 0 Å². The van der Waals surface area contributed by atoms with Gasteiger partial charge in [0.25, 0.3) is 0 Å². The Morgan fingerprint density at radius 2 is 2.38 bits per heavy atom. The molecule has 1 aliphatic rings. The number of carbonyl (C=O) groups is 1. The number of imidazole rings is 1. The van der Waals surface area contributed by atoms with Gasteiger partial charge in [-0.2, -0.15) is 0 Å². The fraction of sp³-hybridized carbons (Fsp3) is 0.636. The normalized spacial score (nSPS) is 23.8. The van der Waals surface area contributed by atoms with Crippen LogP contribution in [-0.4, -0.2) is 27.9 Å². The van der Waals surface area contributed by atoms with Crippen molar-refractivity contribution >= 4 is 17.5 Å². The van der Waals surface area contributed by atoms with Crippen LogP contribution in [0.3, 0.4) is 0 Å². The zero-order valence-electron chi connectivity index (χ0n) is 9.10. The highest BCUT2D eigenvalue weighted by Crippen LogP contribution is 2.36. The Bertz CT molecular complexity index is 333. The molecule has 1 aliphatic carbocycles. The Balaban J connectivity index is 1.64. The summed E-state index contributed by atoms with van der Waals surface area (Å²) in [4.78, 5) is 15.2. The average Bonchev–Trinajstić information content (AvgIpc) is 2.69. The summed E-state index contributed by atoms with van der Waals surface area (Å²) in [5, 5.41) is 2.90. The van der Waals surface area contributed by atoms with Gasteiger partial charge in [-0.3, -0.25) is 4.79 Å². The summed E-state index contributed by atoms with van der Waals surface area (Å²) in [5.41, 5.74) is 0. The Hall–Kier alpha value is -1.03. The van der Waals surface area contributed by atoms with Crippen LogP contribution in [0.15, 0.2) is 18.7 Å². The number of alkyl halides is 1. The van der Waals surface area contributed by atoms with Crippen LogP contribution in [0.4, 0.5) is 0 Å². The molecular formula is C11H16ClN3O. The van der Waals surface area contributed by atoms with Gasteiger partial charge in [0, 0.05) is 37.3 Å². The standard InChI is InChI=1S/C11H16ClN3O/c12-2-1-11(16)14-7-9-5-10(6-9)15-4-3-13-8-15/h3-4,8-10H,1-2,5-7H2,(H,14,16). The minimum Gasteiger partial charge on any atom is -0.356 e. The van der Waals surface area contributed by atoms with E-state index in [-0.39, 0.29) is 5.91 Å². The summed E-state index contributed by atoms with van der Waals surface area (Å²) in [5.74, 6) is 1.06. The van der Waals surface area contributed by atoms with Crippen molar-refractivity contribution in [2.45, 2.75) is 25.3 Å². The molecule has 1 aromatic rings. The lowest BCUT2D eigenvalue weighted by atomic mass is 9.80. The van der Waals surface area contributed by atoms with Crippen LogP contribution in [0, 0.1) is 5.92 Å². The first-order valence-electron chi connectivity index (χ1n) is 5.59. The third-order valence-corrected chi connectivity index (χ3v) is 3.26. The molecule has 0 aromatic carbocycles. The molecule has 0 radical (unpaired) electrons. The zero-order chi connectivity index (χ0) is 11.4. The van der Waals surface area contributed by atoms with E-state index in [0.29, 0.717) is 24.3 Å². The number of hydrogen-bond acceptors (Lipinski definition) is 2. The summed E-state index contributed by atoms with van der Waals surface area (Å²) >= 11 is 5.48. The van der Waals surface area contributed by atoms with Crippen molar-refractivity contribution < 1.29 is 4.79 Å². The monoisotopic (exact) mass is 241 g/mol. The maximum Gasteiger partial charge on any atom is 0.221 e. The minimum absolute atomic E-state index is 0.0566. The van der Waals surface area contributed by atoms with Crippen molar-refractivity contribution in [2.75, 3.05) is 12.4 Å². The quantitative estimate of drug-likeness (QED) is 0.796. The summed E-state index contributed by atoms with van der Waals surface area (Å²) in [6.45, 7) is 0.779. The van der Waals surface area contributed by atoms with Crippen LogP contribution in [0.2, 0.25) is 0 Å². The zero-order valence-corrected chi connectivity index (χ0v) is 9.86. The summed E-state index contributed by atoms with van der Waals surface area (Å²) in [7, 11) is 0. The molecule has 4 nitrogen and oxygen atoms in total. The van der Waals surface area contributed by atoms with E-state index in [0.717, 1.165) is 19.4 Å². The predicted octanol–water partition coefficient (Wildman–Crippen LogP) is 1.58. The van der Waals surface area contributed by atoms with E-state index in [1.165, 1.54) is 0 Å². The molecule has 16 heavy (non-hydrogen) atoms. The molecule has 0 atom stereocenters. The SMILES string of the molecule is O=C(CCCl)NCC1CC(n2ccnc2)C1. The Morgan fingerprint density at radius 1 is 1.56 bits per heavy atom. The van der Waals surface area contributed by atoms with Crippen LogP contribution in [0.5, 0.6) is 0 Å². The van der Waals surface area contributed by atoms with Crippen molar-refractivity contribution in [3.05, 3.63) is 18.7 Å². The lowest BCUT2D eigenvalue weighted by Gasteiger charge is -2.36. The van der Waals surface area contributed by atoms with E-state index in [1.54, 1.807) is 6.20 Å². The van der Waals surface area contributed by atoms with Crippen LogP contribution < -0.4 is 5.32 Å². The van der Waals surface area contributed by atoms with Gasteiger partial charge in [0.15, 0.2) is 0 Å². The Morgan fingerprint density at radius 3 is 3.00 bits per heavy atom. The fourth-order valence-corrected chi connectivity index (χ4v) is 2.20. The predicted molar refractivity (Wildman–Crippen MR) is 62.3 cm³/mol. The van der Waals surface area contributed by atoms with Crippen LogP contribution >= 0.6 is 11.6 Å². The van der Waals surface area contributed by atoms with Gasteiger partial charge in [0.05, 0.1) is 6.33 Å². The highest BCUT2D eigenvalue weighted by molar-refractivity contribution is 6.18. The number of rotatable bonds is 5. The van der Waals surface area contributed by atoms with Gasteiger partial charge in [-0.25, -0.2) is 4.98 Å². The first-order valence-corrected chi connectivity index (χ1v) is 6.13. The molecule has 0 bridgehead atoms. The Labute approximate surface area is 100.0 Å². The second-order valence-electron chi connectivity index (χ2n) is 4.24. The highest BCUT2D eigenvalue weighted by atomic mass is 35.5. The summed E-state index contributed by atoms with van der Waals surface area (Å²) < 4.78 is 2.14. The third kappa shape index (κ3) is 2.76. The number of halogens is 1. The Kier molecular flexibility index (Phi) is 3.83.